The fourth-order valence-corrected chi connectivity index (χ4v) is 1.55. The van der Waals surface area contributed by atoms with Crippen LogP contribution < -0.4 is 0 Å². The predicted molar refractivity (Wildman–Crippen MR) is 57.8 cm³/mol. The third-order valence-electron chi connectivity index (χ3n) is 1.98. The average Bonchev–Trinajstić information content (AvgIpc) is 2.26. The smallest absolute Gasteiger partial charge is 0.274 e. The van der Waals surface area contributed by atoms with Gasteiger partial charge in [-0.25, -0.2) is 9.45 Å². The topological polar surface area (TPSA) is 29.5 Å². The molecule has 0 saturated heterocycles. The van der Waals surface area contributed by atoms with E-state index in [-0.39, 0.29) is 0 Å². The molecule has 0 aliphatic rings. The highest BCUT2D eigenvalue weighted by Gasteiger charge is 2.25. The van der Waals surface area contributed by atoms with Crippen LogP contribution in [0.2, 0.25) is 0 Å². The summed E-state index contributed by atoms with van der Waals surface area (Å²) in [5.41, 5.74) is 0.298. The Morgan fingerprint density at radius 1 is 1.53 bits per heavy atom. The molecule has 1 unspecified atom stereocenters. The van der Waals surface area contributed by atoms with E-state index in [4.69, 9.17) is 0 Å². The maximum absolute atomic E-state index is 13.7. The molecular formula is C10H11BrFNO2. The minimum atomic E-state index is -1.72. The molecule has 1 rings (SSSR count). The number of amides is 1. The number of halogens is 2. The zero-order valence-electron chi connectivity index (χ0n) is 8.41. The fraction of sp³-hybridized carbons (Fsp3) is 0.300. The molecule has 0 saturated carbocycles. The SMILES string of the molecule is CON(C)C(=O)C(F)c1ccccc1Br. The number of hydrogen-bond donors (Lipinski definition) is 0. The molecule has 0 N–H and O–H groups in total. The van der Waals surface area contributed by atoms with Gasteiger partial charge in [-0.2, -0.15) is 0 Å². The Bertz CT molecular complexity index is 359. The van der Waals surface area contributed by atoms with Gasteiger partial charge in [0.15, 0.2) is 0 Å². The van der Waals surface area contributed by atoms with E-state index in [9.17, 15) is 9.18 Å². The lowest BCUT2D eigenvalue weighted by molar-refractivity contribution is -0.174. The van der Waals surface area contributed by atoms with E-state index in [1.807, 2.05) is 0 Å². The molecule has 0 aliphatic carbocycles. The summed E-state index contributed by atoms with van der Waals surface area (Å²) in [5, 5.41) is 0.865. The van der Waals surface area contributed by atoms with Gasteiger partial charge in [-0.3, -0.25) is 9.63 Å². The normalized spacial score (nSPS) is 12.3. The molecule has 0 spiro atoms. The summed E-state index contributed by atoms with van der Waals surface area (Å²) in [4.78, 5) is 16.1. The number of benzene rings is 1. The van der Waals surface area contributed by atoms with Crippen molar-refractivity contribution in [2.45, 2.75) is 6.17 Å². The lowest BCUT2D eigenvalue weighted by Crippen LogP contribution is -2.29. The minimum Gasteiger partial charge on any atom is -0.274 e. The average molecular weight is 276 g/mol. The molecule has 15 heavy (non-hydrogen) atoms. The molecule has 1 amide bonds. The van der Waals surface area contributed by atoms with Crippen molar-refractivity contribution in [2.75, 3.05) is 14.2 Å². The number of nitrogens with zero attached hydrogens (tertiary/aromatic N) is 1. The molecule has 1 atom stereocenters. The van der Waals surface area contributed by atoms with Crippen LogP contribution in [0.5, 0.6) is 0 Å². The summed E-state index contributed by atoms with van der Waals surface area (Å²) in [5.74, 6) is -0.732. The van der Waals surface area contributed by atoms with Gasteiger partial charge in [-0.05, 0) is 6.07 Å². The molecule has 3 nitrogen and oxygen atoms in total. The number of hydroxylamine groups is 2. The highest BCUT2D eigenvalue weighted by atomic mass is 79.9. The molecular weight excluding hydrogens is 265 g/mol. The van der Waals surface area contributed by atoms with Crippen molar-refractivity contribution in [3.63, 3.8) is 0 Å². The fourth-order valence-electron chi connectivity index (χ4n) is 1.06. The molecule has 0 heterocycles. The summed E-state index contributed by atoms with van der Waals surface area (Å²) in [7, 11) is 2.68. The summed E-state index contributed by atoms with van der Waals surface area (Å²) in [6.45, 7) is 0. The molecule has 0 fully saturated rings. The highest BCUT2D eigenvalue weighted by molar-refractivity contribution is 9.10. The Morgan fingerprint density at radius 2 is 2.13 bits per heavy atom. The number of rotatable bonds is 3. The van der Waals surface area contributed by atoms with Crippen LogP contribution in [0.25, 0.3) is 0 Å². The second kappa shape index (κ2) is 5.23. The maximum Gasteiger partial charge on any atom is 0.285 e. The Kier molecular flexibility index (Phi) is 4.23. The lowest BCUT2D eigenvalue weighted by atomic mass is 10.1. The predicted octanol–water partition coefficient (Wildman–Crippen LogP) is 2.48. The van der Waals surface area contributed by atoms with Crippen molar-refractivity contribution in [1.82, 2.24) is 5.06 Å². The monoisotopic (exact) mass is 275 g/mol. The van der Waals surface area contributed by atoms with Crippen LogP contribution in [-0.2, 0) is 9.63 Å². The van der Waals surface area contributed by atoms with Gasteiger partial charge in [0.05, 0.1) is 7.11 Å². The number of likely N-dealkylation sites (N-methyl/N-ethyl adjacent to an activating group) is 1. The van der Waals surface area contributed by atoms with Crippen molar-refractivity contribution < 1.29 is 14.0 Å². The zero-order chi connectivity index (χ0) is 11.4. The van der Waals surface area contributed by atoms with Crippen LogP contribution in [0, 0.1) is 0 Å². The molecule has 1 aromatic carbocycles. The van der Waals surface area contributed by atoms with Crippen molar-refractivity contribution in [1.29, 1.82) is 0 Å². The number of hydrogen-bond acceptors (Lipinski definition) is 2. The van der Waals surface area contributed by atoms with E-state index in [0.717, 1.165) is 5.06 Å². The minimum absolute atomic E-state index is 0.298. The maximum atomic E-state index is 13.7. The van der Waals surface area contributed by atoms with Crippen molar-refractivity contribution in [2.24, 2.45) is 0 Å². The van der Waals surface area contributed by atoms with E-state index in [1.54, 1.807) is 24.3 Å². The van der Waals surface area contributed by atoms with Gasteiger partial charge in [0.1, 0.15) is 0 Å². The molecule has 0 bridgehead atoms. The molecule has 5 heteroatoms. The first-order valence-electron chi connectivity index (χ1n) is 4.28. The Balaban J connectivity index is 2.90. The van der Waals surface area contributed by atoms with Gasteiger partial charge < -0.3 is 0 Å². The standard InChI is InChI=1S/C10H11BrFNO2/c1-13(15-2)10(14)9(12)7-5-3-4-6-8(7)11/h3-6,9H,1-2H3. The van der Waals surface area contributed by atoms with Gasteiger partial charge in [0.25, 0.3) is 5.91 Å². The van der Waals surface area contributed by atoms with Gasteiger partial charge in [-0.15, -0.1) is 0 Å². The van der Waals surface area contributed by atoms with E-state index in [0.29, 0.717) is 10.0 Å². The van der Waals surface area contributed by atoms with Crippen molar-refractivity contribution in [3.05, 3.63) is 34.3 Å². The zero-order valence-corrected chi connectivity index (χ0v) is 9.99. The molecule has 0 aliphatic heterocycles. The first kappa shape index (κ1) is 12.1. The molecule has 1 aromatic rings. The van der Waals surface area contributed by atoms with Crippen LogP contribution in [0.1, 0.15) is 11.7 Å². The molecule has 82 valence electrons. The Labute approximate surface area is 95.9 Å². The second-order valence-corrected chi connectivity index (χ2v) is 3.76. The number of carbonyl (C=O) groups excluding carboxylic acids is 1. The highest BCUT2D eigenvalue weighted by Crippen LogP contribution is 2.27. The van der Waals surface area contributed by atoms with E-state index < -0.39 is 12.1 Å². The van der Waals surface area contributed by atoms with E-state index in [2.05, 4.69) is 20.8 Å². The van der Waals surface area contributed by atoms with E-state index >= 15 is 0 Å². The summed E-state index contributed by atoms with van der Waals surface area (Å²) < 4.78 is 14.3. The lowest BCUT2D eigenvalue weighted by Gasteiger charge is -2.17. The van der Waals surface area contributed by atoms with Crippen molar-refractivity contribution >= 4 is 21.8 Å². The third-order valence-corrected chi connectivity index (χ3v) is 2.70. The molecule has 0 radical (unpaired) electrons. The van der Waals surface area contributed by atoms with Crippen molar-refractivity contribution in [3.8, 4) is 0 Å². The number of alkyl halides is 1. The summed E-state index contributed by atoms with van der Waals surface area (Å²) in [6.07, 6.45) is -1.72. The van der Waals surface area contributed by atoms with Crippen LogP contribution in [0.3, 0.4) is 0 Å². The molecule has 0 aromatic heterocycles. The summed E-state index contributed by atoms with van der Waals surface area (Å²) >= 11 is 3.18. The van der Waals surface area contributed by atoms with Gasteiger partial charge in [-0.1, -0.05) is 34.1 Å². The van der Waals surface area contributed by atoms with Crippen LogP contribution in [-0.4, -0.2) is 25.1 Å². The quantitative estimate of drug-likeness (QED) is 0.794. The third kappa shape index (κ3) is 2.76. The van der Waals surface area contributed by atoms with E-state index in [1.165, 1.54) is 14.2 Å². The Morgan fingerprint density at radius 3 is 2.67 bits per heavy atom. The Hall–Kier alpha value is -0.940. The first-order valence-corrected chi connectivity index (χ1v) is 5.07. The van der Waals surface area contributed by atoms with Gasteiger partial charge >= 0.3 is 0 Å². The largest absolute Gasteiger partial charge is 0.285 e. The van der Waals surface area contributed by atoms with Crippen LogP contribution >= 0.6 is 15.9 Å². The van der Waals surface area contributed by atoms with Gasteiger partial charge in [0.2, 0.25) is 6.17 Å². The summed E-state index contributed by atoms with van der Waals surface area (Å²) in [6, 6.07) is 6.66. The number of carbonyl (C=O) groups is 1. The van der Waals surface area contributed by atoms with Crippen LogP contribution in [0.4, 0.5) is 4.39 Å². The van der Waals surface area contributed by atoms with Crippen LogP contribution in [0.15, 0.2) is 28.7 Å². The van der Waals surface area contributed by atoms with Gasteiger partial charge in [0, 0.05) is 17.1 Å². The first-order chi connectivity index (χ1) is 7.07. The second-order valence-electron chi connectivity index (χ2n) is 2.90.